The minimum atomic E-state index is -0.441. The Morgan fingerprint density at radius 2 is 2.38 bits per heavy atom. The SMILES string of the molecule is NC(=O)Cn1ncc2cncnc21. The van der Waals surface area contributed by atoms with Gasteiger partial charge < -0.3 is 5.73 Å². The molecule has 0 aromatic carbocycles. The van der Waals surface area contributed by atoms with Crippen LogP contribution in [0.1, 0.15) is 0 Å². The minimum Gasteiger partial charge on any atom is -0.368 e. The Hall–Kier alpha value is -1.98. The molecular weight excluding hydrogens is 170 g/mol. The number of rotatable bonds is 2. The summed E-state index contributed by atoms with van der Waals surface area (Å²) in [6.45, 7) is 0.0422. The second-order valence-electron chi connectivity index (χ2n) is 2.57. The van der Waals surface area contributed by atoms with Crippen LogP contribution < -0.4 is 5.73 Å². The summed E-state index contributed by atoms with van der Waals surface area (Å²) in [6.07, 6.45) is 4.63. The number of carbonyl (C=O) groups excluding carboxylic acids is 1. The molecule has 0 bridgehead atoms. The van der Waals surface area contributed by atoms with Gasteiger partial charge in [-0.3, -0.25) is 4.79 Å². The van der Waals surface area contributed by atoms with Gasteiger partial charge >= 0.3 is 0 Å². The summed E-state index contributed by atoms with van der Waals surface area (Å²) in [5, 5.41) is 4.74. The van der Waals surface area contributed by atoms with Gasteiger partial charge in [-0.05, 0) is 0 Å². The molecule has 1 amide bonds. The number of primary amides is 1. The van der Waals surface area contributed by atoms with E-state index in [4.69, 9.17) is 5.73 Å². The van der Waals surface area contributed by atoms with Crippen LogP contribution in [0.25, 0.3) is 11.0 Å². The Kier molecular flexibility index (Phi) is 1.66. The highest BCUT2D eigenvalue weighted by molar-refractivity contribution is 5.77. The molecule has 2 N–H and O–H groups in total. The van der Waals surface area contributed by atoms with Crippen LogP contribution in [-0.4, -0.2) is 25.7 Å². The molecule has 0 saturated carbocycles. The molecule has 0 aliphatic heterocycles. The number of hydrogen-bond donors (Lipinski definition) is 1. The largest absolute Gasteiger partial charge is 0.368 e. The lowest BCUT2D eigenvalue weighted by Crippen LogP contribution is -2.19. The first kappa shape index (κ1) is 7.66. The van der Waals surface area contributed by atoms with Gasteiger partial charge in [0.15, 0.2) is 5.65 Å². The third kappa shape index (κ3) is 1.33. The zero-order chi connectivity index (χ0) is 9.26. The molecule has 0 saturated heterocycles. The lowest BCUT2D eigenvalue weighted by atomic mass is 10.4. The molecule has 0 atom stereocenters. The molecule has 0 spiro atoms. The number of nitrogens with zero attached hydrogens (tertiary/aromatic N) is 4. The number of hydrogen-bond acceptors (Lipinski definition) is 4. The molecule has 0 aliphatic rings. The average molecular weight is 177 g/mol. The summed E-state index contributed by atoms with van der Waals surface area (Å²) in [7, 11) is 0. The summed E-state index contributed by atoms with van der Waals surface area (Å²) in [6, 6.07) is 0. The van der Waals surface area contributed by atoms with Crippen molar-refractivity contribution in [3.05, 3.63) is 18.7 Å². The summed E-state index contributed by atoms with van der Waals surface area (Å²) < 4.78 is 1.44. The molecule has 2 aromatic rings. The average Bonchev–Trinajstić information content (AvgIpc) is 2.48. The van der Waals surface area contributed by atoms with Crippen molar-refractivity contribution in [3.63, 3.8) is 0 Å². The minimum absolute atomic E-state index is 0.0422. The Bertz CT molecular complexity index is 449. The van der Waals surface area contributed by atoms with Crippen molar-refractivity contribution in [1.29, 1.82) is 0 Å². The van der Waals surface area contributed by atoms with Gasteiger partial charge in [0.1, 0.15) is 12.9 Å². The van der Waals surface area contributed by atoms with E-state index in [1.54, 1.807) is 12.4 Å². The van der Waals surface area contributed by atoms with E-state index in [1.807, 2.05) is 0 Å². The first-order chi connectivity index (χ1) is 6.27. The number of carbonyl (C=O) groups is 1. The highest BCUT2D eigenvalue weighted by Crippen LogP contribution is 2.06. The first-order valence-electron chi connectivity index (χ1n) is 3.67. The third-order valence-electron chi connectivity index (χ3n) is 1.60. The highest BCUT2D eigenvalue weighted by atomic mass is 16.1. The predicted molar refractivity (Wildman–Crippen MR) is 44.5 cm³/mol. The van der Waals surface area contributed by atoms with Crippen LogP contribution in [0.3, 0.4) is 0 Å². The van der Waals surface area contributed by atoms with Crippen LogP contribution in [0.15, 0.2) is 18.7 Å². The molecular formula is C7H7N5O. The second-order valence-corrected chi connectivity index (χ2v) is 2.57. The van der Waals surface area contributed by atoms with Crippen LogP contribution >= 0.6 is 0 Å². The fourth-order valence-electron chi connectivity index (χ4n) is 1.09. The highest BCUT2D eigenvalue weighted by Gasteiger charge is 2.04. The predicted octanol–water partition coefficient (Wildman–Crippen LogP) is -0.688. The summed E-state index contributed by atoms with van der Waals surface area (Å²) >= 11 is 0. The van der Waals surface area contributed by atoms with E-state index in [1.165, 1.54) is 11.0 Å². The van der Waals surface area contributed by atoms with Gasteiger partial charge in [0, 0.05) is 6.20 Å². The molecule has 13 heavy (non-hydrogen) atoms. The summed E-state index contributed by atoms with van der Waals surface area (Å²) in [4.78, 5) is 18.4. The van der Waals surface area contributed by atoms with Crippen LogP contribution in [0.2, 0.25) is 0 Å². The van der Waals surface area contributed by atoms with E-state index in [-0.39, 0.29) is 6.54 Å². The van der Waals surface area contributed by atoms with Gasteiger partial charge in [-0.1, -0.05) is 0 Å². The van der Waals surface area contributed by atoms with Crippen molar-refractivity contribution in [2.75, 3.05) is 0 Å². The van der Waals surface area contributed by atoms with Crippen LogP contribution in [-0.2, 0) is 11.3 Å². The Morgan fingerprint density at radius 1 is 1.54 bits per heavy atom. The quantitative estimate of drug-likeness (QED) is 0.657. The van der Waals surface area contributed by atoms with Crippen molar-refractivity contribution >= 4 is 16.9 Å². The van der Waals surface area contributed by atoms with Crippen molar-refractivity contribution < 1.29 is 4.79 Å². The molecule has 2 aromatic heterocycles. The normalized spacial score (nSPS) is 10.5. The van der Waals surface area contributed by atoms with Gasteiger partial charge in [0.2, 0.25) is 5.91 Å². The molecule has 0 unspecified atom stereocenters. The molecule has 6 heteroatoms. The monoisotopic (exact) mass is 177 g/mol. The van der Waals surface area contributed by atoms with Crippen molar-refractivity contribution in [3.8, 4) is 0 Å². The maximum absolute atomic E-state index is 10.6. The number of amides is 1. The van der Waals surface area contributed by atoms with E-state index in [9.17, 15) is 4.79 Å². The fourth-order valence-corrected chi connectivity index (χ4v) is 1.09. The van der Waals surface area contributed by atoms with Crippen molar-refractivity contribution in [2.24, 2.45) is 5.73 Å². The molecule has 6 nitrogen and oxygen atoms in total. The van der Waals surface area contributed by atoms with Gasteiger partial charge in [-0.25, -0.2) is 14.6 Å². The topological polar surface area (TPSA) is 86.7 Å². The smallest absolute Gasteiger partial charge is 0.239 e. The lowest BCUT2D eigenvalue weighted by molar-refractivity contribution is -0.118. The Morgan fingerprint density at radius 3 is 3.15 bits per heavy atom. The van der Waals surface area contributed by atoms with Gasteiger partial charge in [-0.2, -0.15) is 5.10 Å². The number of fused-ring (bicyclic) bond motifs is 1. The summed E-state index contributed by atoms with van der Waals surface area (Å²) in [5.74, 6) is -0.441. The Balaban J connectivity index is 2.51. The fraction of sp³-hybridized carbons (Fsp3) is 0.143. The number of aromatic nitrogens is 4. The van der Waals surface area contributed by atoms with E-state index in [0.717, 1.165) is 5.39 Å². The van der Waals surface area contributed by atoms with Crippen LogP contribution in [0, 0.1) is 0 Å². The van der Waals surface area contributed by atoms with E-state index < -0.39 is 5.91 Å². The van der Waals surface area contributed by atoms with Crippen molar-refractivity contribution in [1.82, 2.24) is 19.7 Å². The zero-order valence-electron chi connectivity index (χ0n) is 6.71. The molecule has 2 rings (SSSR count). The lowest BCUT2D eigenvalue weighted by Gasteiger charge is -1.96. The second kappa shape index (κ2) is 2.81. The standard InChI is InChI=1S/C7H7N5O/c8-6(13)3-12-7-5(2-11-12)1-9-4-10-7/h1-2,4H,3H2,(H2,8,13). The third-order valence-corrected chi connectivity index (χ3v) is 1.60. The summed E-state index contributed by atoms with van der Waals surface area (Å²) in [5.41, 5.74) is 5.65. The first-order valence-corrected chi connectivity index (χ1v) is 3.67. The molecule has 0 fully saturated rings. The molecule has 66 valence electrons. The Labute approximate surface area is 73.4 Å². The van der Waals surface area contributed by atoms with Crippen LogP contribution in [0.5, 0.6) is 0 Å². The van der Waals surface area contributed by atoms with E-state index in [2.05, 4.69) is 15.1 Å². The van der Waals surface area contributed by atoms with Gasteiger partial charge in [-0.15, -0.1) is 0 Å². The van der Waals surface area contributed by atoms with Gasteiger partial charge in [0.05, 0.1) is 11.6 Å². The maximum Gasteiger partial charge on any atom is 0.239 e. The molecule has 0 aliphatic carbocycles. The molecule has 2 heterocycles. The maximum atomic E-state index is 10.6. The van der Waals surface area contributed by atoms with E-state index >= 15 is 0 Å². The number of nitrogens with two attached hydrogens (primary N) is 1. The van der Waals surface area contributed by atoms with Gasteiger partial charge in [0.25, 0.3) is 0 Å². The molecule has 0 radical (unpaired) electrons. The van der Waals surface area contributed by atoms with E-state index in [0.29, 0.717) is 5.65 Å². The van der Waals surface area contributed by atoms with Crippen LogP contribution in [0.4, 0.5) is 0 Å². The zero-order valence-corrected chi connectivity index (χ0v) is 6.71. The van der Waals surface area contributed by atoms with Crippen molar-refractivity contribution in [2.45, 2.75) is 6.54 Å².